The van der Waals surface area contributed by atoms with Crippen LogP contribution in [0.3, 0.4) is 0 Å². The number of alkyl carbamates (subject to hydrolysis) is 1. The summed E-state index contributed by atoms with van der Waals surface area (Å²) in [4.78, 5) is 11.8. The maximum absolute atomic E-state index is 11.8. The Hall–Kier alpha value is -0.770. The number of hydrogen-bond acceptors (Lipinski definition) is 3. The molecule has 0 saturated heterocycles. The van der Waals surface area contributed by atoms with E-state index in [9.17, 15) is 4.79 Å². The second-order valence-electron chi connectivity index (χ2n) is 7.17. The molecule has 0 aromatic carbocycles. The lowest BCUT2D eigenvalue weighted by Crippen LogP contribution is -2.53. The van der Waals surface area contributed by atoms with Gasteiger partial charge in [-0.15, -0.1) is 0 Å². The van der Waals surface area contributed by atoms with Crippen molar-refractivity contribution in [3.05, 3.63) is 0 Å². The molecular weight excluding hydrogens is 252 g/mol. The largest absolute Gasteiger partial charge is 0.444 e. The molecule has 0 heterocycles. The third kappa shape index (κ3) is 10.1. The molecule has 0 aliphatic heterocycles. The minimum atomic E-state index is -0.458. The van der Waals surface area contributed by atoms with E-state index in [1.165, 1.54) is 25.7 Å². The molecule has 4 nitrogen and oxygen atoms in total. The maximum atomic E-state index is 11.8. The minimum Gasteiger partial charge on any atom is -0.444 e. The normalized spacial score (nSPS) is 12.6. The Morgan fingerprint density at radius 3 is 1.95 bits per heavy atom. The lowest BCUT2D eigenvalue weighted by molar-refractivity contribution is 0.0470. The van der Waals surface area contributed by atoms with Crippen LogP contribution in [-0.4, -0.2) is 29.8 Å². The highest BCUT2D eigenvalue weighted by Crippen LogP contribution is 2.10. The zero-order valence-corrected chi connectivity index (χ0v) is 14.4. The van der Waals surface area contributed by atoms with Crippen LogP contribution in [0.1, 0.15) is 74.1 Å². The van der Waals surface area contributed by atoms with E-state index >= 15 is 0 Å². The summed E-state index contributed by atoms with van der Waals surface area (Å²) >= 11 is 0. The molecule has 1 amide bonds. The van der Waals surface area contributed by atoms with Crippen LogP contribution in [0.2, 0.25) is 0 Å². The molecule has 0 atom stereocenters. The second-order valence-corrected chi connectivity index (χ2v) is 7.17. The molecule has 2 N–H and O–H groups in total. The highest BCUT2D eigenvalue weighted by Gasteiger charge is 2.25. The van der Waals surface area contributed by atoms with Crippen molar-refractivity contribution in [1.82, 2.24) is 10.6 Å². The predicted molar refractivity (Wildman–Crippen MR) is 85.1 cm³/mol. The van der Waals surface area contributed by atoms with Gasteiger partial charge in [-0.05, 0) is 47.5 Å². The third-order valence-electron chi connectivity index (χ3n) is 2.95. The molecule has 0 aromatic heterocycles. The monoisotopic (exact) mass is 286 g/mol. The Morgan fingerprint density at radius 2 is 1.55 bits per heavy atom. The summed E-state index contributed by atoms with van der Waals surface area (Å²) in [6.45, 7) is 14.8. The van der Waals surface area contributed by atoms with Crippen LogP contribution in [0.15, 0.2) is 0 Å². The van der Waals surface area contributed by atoms with Gasteiger partial charge in [0.05, 0.1) is 5.54 Å². The quantitative estimate of drug-likeness (QED) is 0.712. The van der Waals surface area contributed by atoms with Crippen molar-refractivity contribution in [2.24, 2.45) is 0 Å². The summed E-state index contributed by atoms with van der Waals surface area (Å²) in [5, 5.41) is 6.49. The maximum Gasteiger partial charge on any atom is 0.408 e. The molecule has 0 aromatic rings. The first-order valence-electron chi connectivity index (χ1n) is 7.84. The molecule has 4 heteroatoms. The molecule has 0 aliphatic rings. The van der Waals surface area contributed by atoms with E-state index in [1.807, 2.05) is 34.6 Å². The average Bonchev–Trinajstić information content (AvgIpc) is 2.23. The van der Waals surface area contributed by atoms with Crippen molar-refractivity contribution in [1.29, 1.82) is 0 Å². The summed E-state index contributed by atoms with van der Waals surface area (Å²) in [5.74, 6) is 0. The molecule has 0 aliphatic carbocycles. The van der Waals surface area contributed by atoms with Gasteiger partial charge in [0.25, 0.3) is 0 Å². The van der Waals surface area contributed by atoms with Gasteiger partial charge in [-0.2, -0.15) is 0 Å². The molecule has 0 unspecified atom stereocenters. The lowest BCUT2D eigenvalue weighted by atomic mass is 10.0. The van der Waals surface area contributed by atoms with E-state index < -0.39 is 5.60 Å². The Kier molecular flexibility index (Phi) is 8.17. The van der Waals surface area contributed by atoms with Gasteiger partial charge in [0, 0.05) is 12.6 Å². The van der Waals surface area contributed by atoms with Gasteiger partial charge in [0.15, 0.2) is 0 Å². The van der Waals surface area contributed by atoms with Crippen LogP contribution in [0, 0.1) is 0 Å². The van der Waals surface area contributed by atoms with E-state index in [0.717, 1.165) is 6.54 Å². The SMILES string of the molecule is CCCC(CCC)NCC(C)(C)NC(=O)OC(C)(C)C. The van der Waals surface area contributed by atoms with Gasteiger partial charge in [-0.1, -0.05) is 26.7 Å². The molecule has 0 rings (SSSR count). The van der Waals surface area contributed by atoms with E-state index in [4.69, 9.17) is 4.74 Å². The fourth-order valence-electron chi connectivity index (χ4n) is 2.07. The van der Waals surface area contributed by atoms with Gasteiger partial charge >= 0.3 is 6.09 Å². The number of ether oxygens (including phenoxy) is 1. The van der Waals surface area contributed by atoms with E-state index in [0.29, 0.717) is 6.04 Å². The molecule has 0 saturated carbocycles. The summed E-state index contributed by atoms with van der Waals surface area (Å²) < 4.78 is 5.30. The van der Waals surface area contributed by atoms with Crippen LogP contribution in [0.4, 0.5) is 4.79 Å². The summed E-state index contributed by atoms with van der Waals surface area (Å²) in [6, 6.07) is 0.532. The molecule has 0 fully saturated rings. The van der Waals surface area contributed by atoms with Gasteiger partial charge in [0.2, 0.25) is 0 Å². The van der Waals surface area contributed by atoms with Crippen molar-refractivity contribution in [2.75, 3.05) is 6.54 Å². The highest BCUT2D eigenvalue weighted by atomic mass is 16.6. The first-order chi connectivity index (χ1) is 9.09. The van der Waals surface area contributed by atoms with Crippen molar-refractivity contribution < 1.29 is 9.53 Å². The van der Waals surface area contributed by atoms with Gasteiger partial charge in [-0.25, -0.2) is 4.79 Å². The Bertz CT molecular complexity index is 277. The molecule has 0 spiro atoms. The van der Waals surface area contributed by atoms with E-state index in [1.54, 1.807) is 0 Å². The Labute approximate surface area is 125 Å². The smallest absolute Gasteiger partial charge is 0.408 e. The highest BCUT2D eigenvalue weighted by molar-refractivity contribution is 5.68. The second kappa shape index (κ2) is 8.50. The Balaban J connectivity index is 4.25. The zero-order chi connectivity index (χ0) is 15.8. The first kappa shape index (κ1) is 19.2. The molecule has 0 radical (unpaired) electrons. The van der Waals surface area contributed by atoms with E-state index in [2.05, 4.69) is 24.5 Å². The number of carbonyl (C=O) groups is 1. The fraction of sp³-hybridized carbons (Fsp3) is 0.938. The summed E-state index contributed by atoms with van der Waals surface area (Å²) in [6.07, 6.45) is 4.36. The van der Waals surface area contributed by atoms with Crippen LogP contribution < -0.4 is 10.6 Å². The third-order valence-corrected chi connectivity index (χ3v) is 2.95. The molecule has 120 valence electrons. The summed E-state index contributed by atoms with van der Waals surface area (Å²) in [7, 11) is 0. The number of nitrogens with one attached hydrogen (secondary N) is 2. The van der Waals surface area contributed by atoms with Gasteiger partial charge in [0.1, 0.15) is 5.60 Å². The topological polar surface area (TPSA) is 50.4 Å². The summed E-state index contributed by atoms with van der Waals surface area (Å²) in [5.41, 5.74) is -0.775. The average molecular weight is 286 g/mol. The number of amides is 1. The fourth-order valence-corrected chi connectivity index (χ4v) is 2.07. The zero-order valence-electron chi connectivity index (χ0n) is 14.4. The van der Waals surface area contributed by atoms with Crippen LogP contribution >= 0.6 is 0 Å². The molecule has 0 bridgehead atoms. The first-order valence-corrected chi connectivity index (χ1v) is 7.84. The standard InChI is InChI=1S/C16H34N2O2/c1-8-10-13(11-9-2)17-12-16(6,7)18-14(19)20-15(3,4)5/h13,17H,8-12H2,1-7H3,(H,18,19). The number of carbonyl (C=O) groups excluding carboxylic acids is 1. The van der Waals surface area contributed by atoms with Crippen LogP contribution in [0.25, 0.3) is 0 Å². The lowest BCUT2D eigenvalue weighted by Gasteiger charge is -2.30. The van der Waals surface area contributed by atoms with Gasteiger partial charge in [-0.3, -0.25) is 0 Å². The van der Waals surface area contributed by atoms with Crippen LogP contribution in [-0.2, 0) is 4.74 Å². The predicted octanol–water partition coefficient (Wildman–Crippen LogP) is 3.85. The van der Waals surface area contributed by atoms with Crippen molar-refractivity contribution >= 4 is 6.09 Å². The van der Waals surface area contributed by atoms with Crippen LogP contribution in [0.5, 0.6) is 0 Å². The van der Waals surface area contributed by atoms with Crippen molar-refractivity contribution in [2.45, 2.75) is 91.3 Å². The number of hydrogen-bond donors (Lipinski definition) is 2. The molecular formula is C16H34N2O2. The number of rotatable bonds is 8. The minimum absolute atomic E-state index is 0.317. The van der Waals surface area contributed by atoms with Crippen molar-refractivity contribution in [3.8, 4) is 0 Å². The van der Waals surface area contributed by atoms with Crippen molar-refractivity contribution in [3.63, 3.8) is 0 Å². The molecule has 20 heavy (non-hydrogen) atoms. The van der Waals surface area contributed by atoms with Gasteiger partial charge < -0.3 is 15.4 Å². The van der Waals surface area contributed by atoms with E-state index in [-0.39, 0.29) is 11.6 Å². The Morgan fingerprint density at radius 1 is 1.05 bits per heavy atom.